The minimum atomic E-state index is -3.64. The van der Waals surface area contributed by atoms with Crippen LogP contribution in [0.15, 0.2) is 60.7 Å². The average Bonchev–Trinajstić information content (AvgIpc) is 2.86. The fourth-order valence-corrected chi connectivity index (χ4v) is 5.60. The SMILES string of the molecule is CC(CCC(CS(=O)(=O)N1CCN(C#Cc2ccccc2)CC1)N(O)C=O)c1ccccc1. The van der Waals surface area contributed by atoms with Gasteiger partial charge in [0.15, 0.2) is 0 Å². The van der Waals surface area contributed by atoms with Crippen molar-refractivity contribution >= 4 is 16.4 Å². The van der Waals surface area contributed by atoms with Crippen LogP contribution in [0, 0.1) is 12.0 Å². The number of benzene rings is 2. The molecule has 1 heterocycles. The first-order valence-corrected chi connectivity index (χ1v) is 12.8. The number of hydroxylamine groups is 2. The van der Waals surface area contributed by atoms with Gasteiger partial charge in [0.1, 0.15) is 0 Å². The highest BCUT2D eigenvalue weighted by Crippen LogP contribution is 2.23. The van der Waals surface area contributed by atoms with E-state index in [2.05, 4.69) is 18.9 Å². The molecule has 0 radical (unpaired) electrons. The predicted molar refractivity (Wildman–Crippen MR) is 128 cm³/mol. The second-order valence-electron chi connectivity index (χ2n) is 8.30. The molecule has 0 aliphatic carbocycles. The summed E-state index contributed by atoms with van der Waals surface area (Å²) in [5.74, 6) is 2.97. The van der Waals surface area contributed by atoms with Crippen molar-refractivity contribution in [2.45, 2.75) is 31.7 Å². The van der Waals surface area contributed by atoms with Gasteiger partial charge in [0.25, 0.3) is 0 Å². The van der Waals surface area contributed by atoms with Crippen LogP contribution in [0.1, 0.15) is 36.8 Å². The molecule has 1 aliphatic rings. The van der Waals surface area contributed by atoms with Gasteiger partial charge in [0.2, 0.25) is 16.4 Å². The van der Waals surface area contributed by atoms with Crippen molar-refractivity contribution in [3.63, 3.8) is 0 Å². The number of hydrogen-bond donors (Lipinski definition) is 1. The second kappa shape index (κ2) is 11.8. The van der Waals surface area contributed by atoms with Crippen molar-refractivity contribution in [1.29, 1.82) is 0 Å². The fraction of sp³-hybridized carbons (Fsp3) is 0.400. The summed E-state index contributed by atoms with van der Waals surface area (Å²) in [5.41, 5.74) is 2.06. The molecule has 33 heavy (non-hydrogen) atoms. The molecule has 2 atom stereocenters. The molecule has 0 spiro atoms. The summed E-state index contributed by atoms with van der Waals surface area (Å²) in [7, 11) is -3.64. The second-order valence-corrected chi connectivity index (χ2v) is 10.3. The van der Waals surface area contributed by atoms with Gasteiger partial charge < -0.3 is 4.90 Å². The Labute approximate surface area is 196 Å². The van der Waals surface area contributed by atoms with Gasteiger partial charge in [-0.25, -0.2) is 13.5 Å². The smallest absolute Gasteiger partial charge is 0.233 e. The molecule has 176 valence electrons. The lowest BCUT2D eigenvalue weighted by atomic mass is 9.94. The summed E-state index contributed by atoms with van der Waals surface area (Å²) in [6.07, 6.45) is 1.31. The van der Waals surface area contributed by atoms with Crippen LogP contribution in [0.4, 0.5) is 0 Å². The van der Waals surface area contributed by atoms with Crippen LogP contribution in [-0.2, 0) is 14.8 Å². The fourth-order valence-electron chi connectivity index (χ4n) is 3.86. The van der Waals surface area contributed by atoms with E-state index in [9.17, 15) is 18.4 Å². The first-order valence-electron chi connectivity index (χ1n) is 11.2. The minimum Gasteiger partial charge on any atom is -0.330 e. The minimum absolute atomic E-state index is 0.184. The monoisotopic (exact) mass is 469 g/mol. The van der Waals surface area contributed by atoms with Crippen LogP contribution in [0.5, 0.6) is 0 Å². The number of nitrogens with zero attached hydrogens (tertiary/aromatic N) is 3. The van der Waals surface area contributed by atoms with Crippen LogP contribution in [-0.4, -0.2) is 72.3 Å². The third-order valence-electron chi connectivity index (χ3n) is 5.95. The van der Waals surface area contributed by atoms with E-state index < -0.39 is 16.1 Å². The molecule has 8 heteroatoms. The third-order valence-corrected chi connectivity index (χ3v) is 7.91. The van der Waals surface area contributed by atoms with Crippen LogP contribution < -0.4 is 0 Å². The average molecular weight is 470 g/mol. The van der Waals surface area contributed by atoms with E-state index in [4.69, 9.17) is 0 Å². The normalized spacial score (nSPS) is 16.4. The van der Waals surface area contributed by atoms with Crippen LogP contribution in [0.3, 0.4) is 0 Å². The van der Waals surface area contributed by atoms with E-state index >= 15 is 0 Å². The van der Waals surface area contributed by atoms with Crippen molar-refractivity contribution in [1.82, 2.24) is 14.3 Å². The van der Waals surface area contributed by atoms with Crippen molar-refractivity contribution in [2.24, 2.45) is 0 Å². The quantitative estimate of drug-likeness (QED) is 0.264. The summed E-state index contributed by atoms with van der Waals surface area (Å²) in [6.45, 7) is 3.72. The van der Waals surface area contributed by atoms with Crippen LogP contribution in [0.25, 0.3) is 0 Å². The maximum absolute atomic E-state index is 13.0. The Morgan fingerprint density at radius 3 is 2.21 bits per heavy atom. The van der Waals surface area contributed by atoms with Gasteiger partial charge >= 0.3 is 0 Å². The summed E-state index contributed by atoms with van der Waals surface area (Å²) in [5, 5.41) is 10.5. The summed E-state index contributed by atoms with van der Waals surface area (Å²) in [4.78, 5) is 13.1. The largest absolute Gasteiger partial charge is 0.330 e. The summed E-state index contributed by atoms with van der Waals surface area (Å²) >= 11 is 0. The zero-order valence-electron chi connectivity index (χ0n) is 18.9. The number of amides is 1. The molecule has 2 aromatic carbocycles. The van der Waals surface area contributed by atoms with E-state index in [1.54, 1.807) is 0 Å². The predicted octanol–water partition coefficient (Wildman–Crippen LogP) is 2.74. The standard InChI is InChI=1S/C25H31N3O4S/c1-22(24-10-6-3-7-11-24)12-13-25(28(30)21-29)20-33(31,32)27-18-16-26(17-19-27)15-14-23-8-4-2-5-9-23/h2-11,21-22,25,30H,12-13,16-20H2,1H3. The maximum Gasteiger partial charge on any atom is 0.233 e. The zero-order chi connectivity index (χ0) is 23.7. The lowest BCUT2D eigenvalue weighted by molar-refractivity contribution is -0.158. The maximum atomic E-state index is 13.0. The van der Waals surface area contributed by atoms with Crippen LogP contribution >= 0.6 is 0 Å². The van der Waals surface area contributed by atoms with Crippen molar-refractivity contribution in [3.05, 3.63) is 71.8 Å². The first-order chi connectivity index (χ1) is 15.9. The molecule has 1 fully saturated rings. The lowest BCUT2D eigenvalue weighted by Crippen LogP contribution is -2.50. The third kappa shape index (κ3) is 7.32. The molecule has 0 saturated carbocycles. The van der Waals surface area contributed by atoms with Gasteiger partial charge in [-0.1, -0.05) is 55.5 Å². The zero-order valence-corrected chi connectivity index (χ0v) is 19.7. The molecule has 1 amide bonds. The van der Waals surface area contributed by atoms with Crippen molar-refractivity contribution in [3.8, 4) is 12.0 Å². The Kier molecular flexibility index (Phi) is 8.89. The highest BCUT2D eigenvalue weighted by atomic mass is 32.2. The van der Waals surface area contributed by atoms with E-state index in [-0.39, 0.29) is 18.1 Å². The van der Waals surface area contributed by atoms with Crippen LogP contribution in [0.2, 0.25) is 0 Å². The molecule has 2 unspecified atom stereocenters. The molecule has 1 aliphatic heterocycles. The van der Waals surface area contributed by atoms with Gasteiger partial charge in [-0.15, -0.1) is 0 Å². The van der Waals surface area contributed by atoms with Gasteiger partial charge in [-0.2, -0.15) is 4.31 Å². The first kappa shape index (κ1) is 24.8. The topological polar surface area (TPSA) is 81.2 Å². The molecule has 0 aromatic heterocycles. The van der Waals surface area contributed by atoms with E-state index in [0.717, 1.165) is 11.1 Å². The number of carbonyl (C=O) groups is 1. The molecule has 0 bridgehead atoms. The van der Waals surface area contributed by atoms with Crippen molar-refractivity contribution < 1.29 is 18.4 Å². The summed E-state index contributed by atoms with van der Waals surface area (Å²) < 4.78 is 27.5. The Morgan fingerprint density at radius 1 is 1.00 bits per heavy atom. The number of piperazine rings is 1. The number of rotatable bonds is 9. The highest BCUT2D eigenvalue weighted by Gasteiger charge is 2.31. The molecule has 1 saturated heterocycles. The van der Waals surface area contributed by atoms with E-state index in [0.29, 0.717) is 44.1 Å². The Bertz CT molecular complexity index is 1040. The Balaban J connectivity index is 1.56. The number of carbonyl (C=O) groups excluding carboxylic acids is 1. The molecule has 1 N–H and O–H groups in total. The molecular formula is C25H31N3O4S. The molecule has 3 rings (SSSR count). The molecule has 2 aromatic rings. The number of hydrogen-bond acceptors (Lipinski definition) is 5. The summed E-state index contributed by atoms with van der Waals surface area (Å²) in [6, 6.07) is 21.8. The molecule has 7 nitrogen and oxygen atoms in total. The van der Waals surface area contributed by atoms with E-state index in [1.807, 2.05) is 65.6 Å². The molecular weight excluding hydrogens is 438 g/mol. The van der Waals surface area contributed by atoms with Crippen molar-refractivity contribution in [2.75, 3.05) is 31.9 Å². The van der Waals surface area contributed by atoms with E-state index in [1.165, 1.54) is 4.31 Å². The van der Waals surface area contributed by atoms with Gasteiger partial charge in [0.05, 0.1) is 11.8 Å². The Morgan fingerprint density at radius 2 is 1.61 bits per heavy atom. The Hall–Kier alpha value is -2.86. The lowest BCUT2D eigenvalue weighted by Gasteiger charge is -2.33. The van der Waals surface area contributed by atoms with Gasteiger partial charge in [-0.3, -0.25) is 10.0 Å². The van der Waals surface area contributed by atoms with Gasteiger partial charge in [0, 0.05) is 37.8 Å². The van der Waals surface area contributed by atoms with Gasteiger partial charge in [-0.05, 0) is 42.4 Å². The number of sulfonamides is 1. The highest BCUT2D eigenvalue weighted by molar-refractivity contribution is 7.89.